The van der Waals surface area contributed by atoms with Crippen LogP contribution < -0.4 is 0 Å². The minimum Gasteiger partial charge on any atom is -0.293 e. The van der Waals surface area contributed by atoms with Gasteiger partial charge in [0.1, 0.15) is 0 Å². The highest BCUT2D eigenvalue weighted by Crippen LogP contribution is 2.14. The van der Waals surface area contributed by atoms with Gasteiger partial charge in [0.05, 0.1) is 6.04 Å². The van der Waals surface area contributed by atoms with Crippen molar-refractivity contribution < 1.29 is 0 Å². The van der Waals surface area contributed by atoms with Crippen LogP contribution >= 0.6 is 11.3 Å². The minimum absolute atomic E-state index is 0.476. The van der Waals surface area contributed by atoms with Crippen LogP contribution in [0.2, 0.25) is 0 Å². The molecule has 1 aromatic heterocycles. The molecule has 14 heavy (non-hydrogen) atoms. The second-order valence-electron chi connectivity index (χ2n) is 3.77. The smallest absolute Gasteiger partial charge is 0.0715 e. The second kappa shape index (κ2) is 4.63. The normalized spacial score (nSPS) is 22.8. The molecule has 0 amide bonds. The van der Waals surface area contributed by atoms with Gasteiger partial charge < -0.3 is 0 Å². The molecule has 2 heterocycles. The molecule has 0 aliphatic carbocycles. The lowest BCUT2D eigenvalue weighted by Gasteiger charge is -2.28. The third-order valence-corrected chi connectivity index (χ3v) is 3.36. The van der Waals surface area contributed by atoms with Crippen LogP contribution in [0.1, 0.15) is 24.8 Å². The highest BCUT2D eigenvalue weighted by atomic mass is 32.1. The number of thiophene rings is 1. The molecule has 1 nitrogen and oxygen atoms in total. The fourth-order valence-electron chi connectivity index (χ4n) is 1.76. The summed E-state index contributed by atoms with van der Waals surface area (Å²) in [6, 6.07) is 2.56. The first-order valence-electron chi connectivity index (χ1n) is 5.10. The molecule has 1 aliphatic heterocycles. The third-order valence-electron chi connectivity index (χ3n) is 2.67. The van der Waals surface area contributed by atoms with E-state index in [2.05, 4.69) is 40.6 Å². The van der Waals surface area contributed by atoms with E-state index in [1.54, 1.807) is 11.3 Å². The van der Waals surface area contributed by atoms with Gasteiger partial charge in [-0.3, -0.25) is 4.90 Å². The van der Waals surface area contributed by atoms with Crippen molar-refractivity contribution in [3.05, 3.63) is 22.4 Å². The Morgan fingerprint density at radius 1 is 1.50 bits per heavy atom. The van der Waals surface area contributed by atoms with Gasteiger partial charge in [-0.25, -0.2) is 0 Å². The number of likely N-dealkylation sites (tertiary alicyclic amines) is 1. The van der Waals surface area contributed by atoms with Gasteiger partial charge in [-0.15, -0.1) is 0 Å². The number of piperidine rings is 1. The summed E-state index contributed by atoms with van der Waals surface area (Å²) in [4.78, 5) is 2.36. The lowest BCUT2D eigenvalue weighted by molar-refractivity contribution is 0.229. The Labute approximate surface area is 89.7 Å². The van der Waals surface area contributed by atoms with Crippen molar-refractivity contribution in [3.63, 3.8) is 0 Å². The zero-order valence-corrected chi connectivity index (χ0v) is 9.31. The van der Waals surface area contributed by atoms with Crippen molar-refractivity contribution in [1.29, 1.82) is 0 Å². The third kappa shape index (κ3) is 2.37. The predicted molar refractivity (Wildman–Crippen MR) is 61.5 cm³/mol. The van der Waals surface area contributed by atoms with Crippen molar-refractivity contribution in [1.82, 2.24) is 4.90 Å². The Bertz CT molecular complexity index is 331. The van der Waals surface area contributed by atoms with Gasteiger partial charge in [0, 0.05) is 10.9 Å². The maximum atomic E-state index is 3.36. The summed E-state index contributed by atoms with van der Waals surface area (Å²) in [5, 5.41) is 4.18. The van der Waals surface area contributed by atoms with E-state index in [-0.39, 0.29) is 0 Å². The quantitative estimate of drug-likeness (QED) is 0.588. The van der Waals surface area contributed by atoms with Crippen LogP contribution in [0.25, 0.3) is 0 Å². The lowest BCUT2D eigenvalue weighted by Crippen LogP contribution is -2.34. The fourth-order valence-corrected chi connectivity index (χ4v) is 2.35. The zero-order chi connectivity index (χ0) is 9.80. The first kappa shape index (κ1) is 9.76. The highest BCUT2D eigenvalue weighted by molar-refractivity contribution is 7.08. The predicted octanol–water partition coefficient (Wildman–Crippen LogP) is 2.58. The zero-order valence-electron chi connectivity index (χ0n) is 8.49. The van der Waals surface area contributed by atoms with Crippen LogP contribution in [-0.4, -0.2) is 24.5 Å². The van der Waals surface area contributed by atoms with E-state index in [1.807, 2.05) is 0 Å². The van der Waals surface area contributed by atoms with E-state index in [0.29, 0.717) is 6.04 Å². The van der Waals surface area contributed by atoms with Crippen LogP contribution in [-0.2, 0) is 0 Å². The van der Waals surface area contributed by atoms with Crippen LogP contribution in [0.5, 0.6) is 0 Å². The molecule has 2 rings (SSSR count). The maximum Gasteiger partial charge on any atom is 0.0715 e. The summed E-state index contributed by atoms with van der Waals surface area (Å²) in [5.74, 6) is 6.60. The summed E-state index contributed by atoms with van der Waals surface area (Å²) < 4.78 is 0. The number of nitrogens with zero attached hydrogens (tertiary/aromatic N) is 1. The standard InChI is InChI=1S/C12H15NS/c1-13-8-3-2-4-12(13)6-5-11-7-9-14-10-11/h7,9-10,12H,2-4,8H2,1H3/t12-/m1/s1. The first-order valence-corrected chi connectivity index (χ1v) is 6.04. The molecule has 0 spiro atoms. The summed E-state index contributed by atoms with van der Waals surface area (Å²) in [7, 11) is 2.17. The Morgan fingerprint density at radius 3 is 3.14 bits per heavy atom. The van der Waals surface area contributed by atoms with E-state index in [9.17, 15) is 0 Å². The molecule has 1 aliphatic rings. The van der Waals surface area contributed by atoms with Gasteiger partial charge in [-0.2, -0.15) is 11.3 Å². The fraction of sp³-hybridized carbons (Fsp3) is 0.500. The van der Waals surface area contributed by atoms with Crippen LogP contribution in [0.4, 0.5) is 0 Å². The van der Waals surface area contributed by atoms with Crippen LogP contribution in [0.15, 0.2) is 16.8 Å². The van der Waals surface area contributed by atoms with E-state index in [0.717, 1.165) is 5.56 Å². The molecule has 0 unspecified atom stereocenters. The largest absolute Gasteiger partial charge is 0.293 e. The molecule has 0 N–H and O–H groups in total. The Morgan fingerprint density at radius 2 is 2.43 bits per heavy atom. The van der Waals surface area contributed by atoms with Crippen molar-refractivity contribution in [2.45, 2.75) is 25.3 Å². The van der Waals surface area contributed by atoms with Gasteiger partial charge >= 0.3 is 0 Å². The summed E-state index contributed by atoms with van der Waals surface area (Å²) >= 11 is 1.71. The van der Waals surface area contributed by atoms with Gasteiger partial charge in [-0.05, 0) is 44.3 Å². The molecule has 1 aromatic rings. The Balaban J connectivity index is 2.01. The molecular weight excluding hydrogens is 190 g/mol. The van der Waals surface area contributed by atoms with Gasteiger partial charge in [0.25, 0.3) is 0 Å². The topological polar surface area (TPSA) is 3.24 Å². The second-order valence-corrected chi connectivity index (χ2v) is 4.55. The van der Waals surface area contributed by atoms with E-state index in [1.165, 1.54) is 25.8 Å². The molecule has 1 fully saturated rings. The molecule has 0 bridgehead atoms. The van der Waals surface area contributed by atoms with Crippen LogP contribution in [0.3, 0.4) is 0 Å². The average Bonchev–Trinajstić information content (AvgIpc) is 2.69. The van der Waals surface area contributed by atoms with E-state index in [4.69, 9.17) is 0 Å². The number of rotatable bonds is 0. The SMILES string of the molecule is CN1CCCC[C@@H]1C#Cc1ccsc1. The van der Waals surface area contributed by atoms with Crippen molar-refractivity contribution >= 4 is 11.3 Å². The molecular formula is C12H15NS. The summed E-state index contributed by atoms with van der Waals surface area (Å²) in [6.45, 7) is 1.20. The number of hydrogen-bond acceptors (Lipinski definition) is 2. The van der Waals surface area contributed by atoms with Gasteiger partial charge in [0.15, 0.2) is 0 Å². The maximum absolute atomic E-state index is 3.36. The van der Waals surface area contributed by atoms with Gasteiger partial charge in [0.2, 0.25) is 0 Å². The van der Waals surface area contributed by atoms with Gasteiger partial charge in [-0.1, -0.05) is 11.8 Å². The summed E-state index contributed by atoms with van der Waals surface area (Å²) in [6.07, 6.45) is 3.88. The highest BCUT2D eigenvalue weighted by Gasteiger charge is 2.15. The number of hydrogen-bond donors (Lipinski definition) is 0. The average molecular weight is 205 g/mol. The van der Waals surface area contributed by atoms with Crippen molar-refractivity contribution in [3.8, 4) is 11.8 Å². The summed E-state index contributed by atoms with van der Waals surface area (Å²) in [5.41, 5.74) is 1.16. The molecule has 0 aromatic carbocycles. The molecule has 2 heteroatoms. The molecule has 0 saturated carbocycles. The molecule has 1 saturated heterocycles. The van der Waals surface area contributed by atoms with Crippen molar-refractivity contribution in [2.75, 3.05) is 13.6 Å². The Kier molecular flexibility index (Phi) is 3.23. The van der Waals surface area contributed by atoms with E-state index >= 15 is 0 Å². The molecule has 74 valence electrons. The first-order chi connectivity index (χ1) is 6.86. The minimum atomic E-state index is 0.476. The molecule has 1 atom stereocenters. The molecule has 0 radical (unpaired) electrons. The monoisotopic (exact) mass is 205 g/mol. The lowest BCUT2D eigenvalue weighted by atomic mass is 10.0. The Hall–Kier alpha value is -0.780. The van der Waals surface area contributed by atoms with E-state index < -0.39 is 0 Å². The van der Waals surface area contributed by atoms with Crippen LogP contribution in [0, 0.1) is 11.8 Å². The van der Waals surface area contributed by atoms with Crippen molar-refractivity contribution in [2.24, 2.45) is 0 Å².